The third kappa shape index (κ3) is 3.74. The maximum Gasteiger partial charge on any atom is 0.268 e. The molecule has 0 radical (unpaired) electrons. The first kappa shape index (κ1) is 18.8. The van der Waals surface area contributed by atoms with Crippen molar-refractivity contribution in [2.24, 2.45) is 0 Å². The van der Waals surface area contributed by atoms with Gasteiger partial charge in [-0.1, -0.05) is 25.1 Å². The lowest BCUT2D eigenvalue weighted by Crippen LogP contribution is -2.13. The second-order valence-corrected chi connectivity index (χ2v) is 8.54. The van der Waals surface area contributed by atoms with Gasteiger partial charge in [-0.15, -0.1) is 0 Å². The van der Waals surface area contributed by atoms with Crippen molar-refractivity contribution in [3.63, 3.8) is 0 Å². The number of hydrogen-bond acceptors (Lipinski definition) is 7. The van der Waals surface area contributed by atoms with Crippen molar-refractivity contribution >= 4 is 49.4 Å². The molecule has 0 atom stereocenters. The van der Waals surface area contributed by atoms with Gasteiger partial charge in [0.25, 0.3) is 11.1 Å². The summed E-state index contributed by atoms with van der Waals surface area (Å²) in [5, 5.41) is 12.4. The number of benzene rings is 1. The highest BCUT2D eigenvalue weighted by Gasteiger charge is 2.20. The molecule has 27 heavy (non-hydrogen) atoms. The molecule has 138 valence electrons. The average molecular weight is 401 g/mol. The highest BCUT2D eigenvalue weighted by atomic mass is 32.2. The van der Waals surface area contributed by atoms with Crippen molar-refractivity contribution in [1.82, 2.24) is 14.3 Å². The Morgan fingerprint density at radius 2 is 2.15 bits per heavy atom. The zero-order valence-electron chi connectivity index (χ0n) is 14.5. The summed E-state index contributed by atoms with van der Waals surface area (Å²) in [6, 6.07) is 9.43. The van der Waals surface area contributed by atoms with Gasteiger partial charge in [0.05, 0.1) is 5.75 Å². The first-order chi connectivity index (χ1) is 12.9. The molecule has 8 nitrogen and oxygen atoms in total. The van der Waals surface area contributed by atoms with Gasteiger partial charge < -0.3 is 4.98 Å². The first-order valence-corrected chi connectivity index (χ1v) is 10.3. The van der Waals surface area contributed by atoms with Gasteiger partial charge in [0.2, 0.25) is 15.0 Å². The van der Waals surface area contributed by atoms with E-state index in [1.54, 1.807) is 0 Å². The standard InChI is InChI=1S/C17H15N5O3S2/c1-3-27(24,25)17-21-16(26-22-17)20-15(23)11(9-18)8-13-10(2)19-14-7-5-4-6-12(13)14/h4-8,19H,3H2,1-2H3,(H,20,21,22,23)/b11-8-. The molecule has 3 aromatic rings. The molecule has 2 heterocycles. The van der Waals surface area contributed by atoms with E-state index < -0.39 is 15.7 Å². The molecule has 0 aliphatic heterocycles. The number of nitriles is 1. The fourth-order valence-electron chi connectivity index (χ4n) is 2.46. The van der Waals surface area contributed by atoms with Crippen LogP contribution in [0.1, 0.15) is 18.2 Å². The van der Waals surface area contributed by atoms with E-state index in [0.29, 0.717) is 0 Å². The zero-order chi connectivity index (χ0) is 19.6. The van der Waals surface area contributed by atoms with Crippen molar-refractivity contribution < 1.29 is 13.2 Å². The van der Waals surface area contributed by atoms with Crippen LogP contribution in [0.2, 0.25) is 0 Å². The second-order valence-electron chi connectivity index (χ2n) is 5.62. The summed E-state index contributed by atoms with van der Waals surface area (Å²) in [5.41, 5.74) is 2.34. The molecule has 0 fully saturated rings. The number of carbonyl (C=O) groups excluding carboxylic acids is 1. The molecular formula is C17H15N5O3S2. The summed E-state index contributed by atoms with van der Waals surface area (Å²) in [4.78, 5) is 19.4. The Kier molecular flexibility index (Phi) is 5.07. The summed E-state index contributed by atoms with van der Waals surface area (Å²) in [6.07, 6.45) is 1.49. The van der Waals surface area contributed by atoms with Gasteiger partial charge >= 0.3 is 0 Å². The van der Waals surface area contributed by atoms with Crippen LogP contribution in [0, 0.1) is 18.3 Å². The Balaban J connectivity index is 1.90. The molecule has 10 heteroatoms. The molecule has 1 aromatic carbocycles. The molecule has 2 N–H and O–H groups in total. The Morgan fingerprint density at radius 3 is 2.85 bits per heavy atom. The molecule has 0 saturated heterocycles. The van der Waals surface area contributed by atoms with Crippen molar-refractivity contribution in [2.75, 3.05) is 11.1 Å². The predicted molar refractivity (Wildman–Crippen MR) is 103 cm³/mol. The first-order valence-electron chi connectivity index (χ1n) is 7.92. The number of hydrogen-bond donors (Lipinski definition) is 2. The number of carbonyl (C=O) groups is 1. The number of sulfone groups is 1. The second kappa shape index (κ2) is 7.30. The Labute approximate surface area is 159 Å². The van der Waals surface area contributed by atoms with Gasteiger partial charge in [-0.2, -0.15) is 14.6 Å². The number of nitrogens with one attached hydrogen (secondary N) is 2. The van der Waals surface area contributed by atoms with E-state index in [9.17, 15) is 18.5 Å². The smallest absolute Gasteiger partial charge is 0.268 e. The fourth-order valence-corrected chi connectivity index (χ4v) is 4.04. The molecule has 0 unspecified atom stereocenters. The lowest BCUT2D eigenvalue weighted by atomic mass is 10.1. The van der Waals surface area contributed by atoms with Crippen LogP contribution in [-0.2, 0) is 14.6 Å². The van der Waals surface area contributed by atoms with Crippen LogP contribution in [0.25, 0.3) is 17.0 Å². The number of aromatic nitrogens is 3. The Bertz CT molecular complexity index is 1200. The lowest BCUT2D eigenvalue weighted by Gasteiger charge is -2.00. The molecular weight excluding hydrogens is 386 g/mol. The van der Waals surface area contributed by atoms with E-state index in [4.69, 9.17) is 0 Å². The van der Waals surface area contributed by atoms with E-state index >= 15 is 0 Å². The van der Waals surface area contributed by atoms with Crippen LogP contribution in [-0.4, -0.2) is 34.4 Å². The van der Waals surface area contributed by atoms with Gasteiger partial charge in [-0.05, 0) is 19.1 Å². The normalized spacial score (nSPS) is 12.1. The van der Waals surface area contributed by atoms with E-state index in [0.717, 1.165) is 33.7 Å². The number of nitrogens with zero attached hydrogens (tertiary/aromatic N) is 3. The molecule has 3 rings (SSSR count). The average Bonchev–Trinajstić information content (AvgIpc) is 3.24. The number of para-hydroxylation sites is 1. The third-order valence-corrected chi connectivity index (χ3v) is 6.13. The van der Waals surface area contributed by atoms with Crippen LogP contribution >= 0.6 is 11.5 Å². The van der Waals surface area contributed by atoms with Gasteiger partial charge in [0.15, 0.2) is 0 Å². The van der Waals surface area contributed by atoms with Crippen molar-refractivity contribution in [1.29, 1.82) is 5.26 Å². The summed E-state index contributed by atoms with van der Waals surface area (Å²) < 4.78 is 27.3. The number of amides is 1. The lowest BCUT2D eigenvalue weighted by molar-refractivity contribution is -0.112. The molecule has 1 amide bonds. The number of fused-ring (bicyclic) bond motifs is 1. The van der Waals surface area contributed by atoms with Crippen LogP contribution in [0.3, 0.4) is 0 Å². The number of rotatable bonds is 5. The number of aryl methyl sites for hydroxylation is 1. The van der Waals surface area contributed by atoms with E-state index in [1.165, 1.54) is 13.0 Å². The highest BCUT2D eigenvalue weighted by Crippen LogP contribution is 2.24. The molecule has 0 aliphatic carbocycles. The van der Waals surface area contributed by atoms with E-state index in [2.05, 4.69) is 19.7 Å². The van der Waals surface area contributed by atoms with Gasteiger partial charge in [-0.3, -0.25) is 10.1 Å². The van der Waals surface area contributed by atoms with Crippen molar-refractivity contribution in [2.45, 2.75) is 19.0 Å². The van der Waals surface area contributed by atoms with Gasteiger partial charge in [0.1, 0.15) is 11.6 Å². The molecule has 0 bridgehead atoms. The molecule has 0 spiro atoms. The van der Waals surface area contributed by atoms with E-state index in [-0.39, 0.29) is 21.6 Å². The Hall–Kier alpha value is -3.03. The molecule has 2 aromatic heterocycles. The Morgan fingerprint density at radius 1 is 1.41 bits per heavy atom. The van der Waals surface area contributed by atoms with Crippen molar-refractivity contribution in [3.05, 3.63) is 41.1 Å². The topological polar surface area (TPSA) is 129 Å². The maximum atomic E-state index is 12.4. The minimum absolute atomic E-state index is 0.0174. The summed E-state index contributed by atoms with van der Waals surface area (Å²) in [5.74, 6) is -0.820. The minimum atomic E-state index is -3.56. The monoisotopic (exact) mass is 401 g/mol. The molecule has 0 aliphatic rings. The number of anilines is 1. The molecule has 0 saturated carbocycles. The van der Waals surface area contributed by atoms with Gasteiger partial charge in [-0.25, -0.2) is 8.42 Å². The fraction of sp³-hybridized carbons (Fsp3) is 0.176. The highest BCUT2D eigenvalue weighted by molar-refractivity contribution is 7.91. The third-order valence-electron chi connectivity index (χ3n) is 3.88. The quantitative estimate of drug-likeness (QED) is 0.499. The number of H-pyrrole nitrogens is 1. The predicted octanol–water partition coefficient (Wildman–Crippen LogP) is 2.67. The van der Waals surface area contributed by atoms with Crippen LogP contribution in [0.15, 0.2) is 35.0 Å². The van der Waals surface area contributed by atoms with E-state index in [1.807, 2.05) is 37.3 Å². The summed E-state index contributed by atoms with van der Waals surface area (Å²) in [7, 11) is -3.56. The van der Waals surface area contributed by atoms with Gasteiger partial charge in [0, 0.05) is 33.7 Å². The minimum Gasteiger partial charge on any atom is -0.358 e. The SMILES string of the molecule is CCS(=O)(=O)c1nsc(NC(=O)/C(C#N)=C\c2c(C)[nH]c3ccccc23)n1. The van der Waals surface area contributed by atoms with Crippen LogP contribution in [0.4, 0.5) is 5.13 Å². The largest absolute Gasteiger partial charge is 0.358 e. The van der Waals surface area contributed by atoms with Crippen LogP contribution < -0.4 is 5.32 Å². The number of aromatic amines is 1. The maximum absolute atomic E-state index is 12.4. The summed E-state index contributed by atoms with van der Waals surface area (Å²) >= 11 is 0.747. The zero-order valence-corrected chi connectivity index (χ0v) is 16.1. The van der Waals surface area contributed by atoms with Crippen LogP contribution in [0.5, 0.6) is 0 Å². The van der Waals surface area contributed by atoms with Crippen molar-refractivity contribution in [3.8, 4) is 6.07 Å². The summed E-state index contributed by atoms with van der Waals surface area (Å²) in [6.45, 7) is 3.33.